The monoisotopic (exact) mass is 355 g/mol. The van der Waals surface area contributed by atoms with Crippen molar-refractivity contribution < 1.29 is 4.74 Å². The molecule has 25 heavy (non-hydrogen) atoms. The second-order valence-corrected chi connectivity index (χ2v) is 8.71. The number of anilines is 1. The minimum Gasteiger partial charge on any atom is -0.376 e. The van der Waals surface area contributed by atoms with Gasteiger partial charge in [-0.25, -0.2) is 0 Å². The van der Waals surface area contributed by atoms with Crippen LogP contribution in [-0.2, 0) is 10.2 Å². The molecular weight excluding hydrogens is 330 g/mol. The Hall–Kier alpha value is -1.51. The van der Waals surface area contributed by atoms with Gasteiger partial charge in [0.05, 0.1) is 22.9 Å². The van der Waals surface area contributed by atoms with Crippen molar-refractivity contribution in [1.82, 2.24) is 0 Å². The summed E-state index contributed by atoms with van der Waals surface area (Å²) in [6, 6.07) is 15.3. The smallest absolute Gasteiger partial charge is 0.0896 e. The van der Waals surface area contributed by atoms with Crippen molar-refractivity contribution in [1.29, 1.82) is 0 Å². The van der Waals surface area contributed by atoms with Gasteiger partial charge in [-0.2, -0.15) is 0 Å². The van der Waals surface area contributed by atoms with Gasteiger partial charge in [0.1, 0.15) is 0 Å². The summed E-state index contributed by atoms with van der Waals surface area (Å²) in [6.45, 7) is 7.52. The molecule has 0 unspecified atom stereocenters. The lowest BCUT2D eigenvalue weighted by Gasteiger charge is -2.44. The van der Waals surface area contributed by atoms with Crippen LogP contribution in [0.4, 0.5) is 5.69 Å². The number of hydrogen-bond acceptors (Lipinski definition) is 2. The number of rotatable bonds is 1. The molecule has 2 aliphatic rings. The number of ether oxygens (including phenoxy) is 1. The van der Waals surface area contributed by atoms with E-state index in [4.69, 9.17) is 16.3 Å². The Labute approximate surface area is 155 Å². The molecule has 0 saturated carbocycles. The normalized spacial score (nSPS) is 25.7. The van der Waals surface area contributed by atoms with Gasteiger partial charge >= 0.3 is 0 Å². The Morgan fingerprint density at radius 2 is 1.88 bits per heavy atom. The van der Waals surface area contributed by atoms with Crippen LogP contribution < -0.4 is 5.32 Å². The molecule has 1 saturated heterocycles. The molecule has 2 aromatic rings. The highest BCUT2D eigenvalue weighted by molar-refractivity contribution is 6.33. The zero-order valence-corrected chi connectivity index (χ0v) is 15.9. The fourth-order valence-corrected chi connectivity index (χ4v) is 4.44. The third-order valence-corrected chi connectivity index (χ3v) is 5.85. The SMILES string of the molecule is CC(C)(C)c1cc(Cl)c2c(c1)[C@H]1OCCC[C@H]1[C@H](c1ccccc1)N2. The topological polar surface area (TPSA) is 21.3 Å². The molecule has 2 nitrogen and oxygen atoms in total. The number of fused-ring (bicyclic) bond motifs is 3. The Morgan fingerprint density at radius 1 is 1.12 bits per heavy atom. The molecule has 0 aliphatic carbocycles. The third-order valence-electron chi connectivity index (χ3n) is 5.55. The predicted molar refractivity (Wildman–Crippen MR) is 104 cm³/mol. The first kappa shape index (κ1) is 16.9. The molecule has 0 aromatic heterocycles. The second-order valence-electron chi connectivity index (χ2n) is 8.30. The van der Waals surface area contributed by atoms with Crippen molar-refractivity contribution in [3.8, 4) is 0 Å². The van der Waals surface area contributed by atoms with E-state index in [2.05, 4.69) is 68.6 Å². The average Bonchev–Trinajstić information content (AvgIpc) is 2.61. The van der Waals surface area contributed by atoms with Crippen LogP contribution >= 0.6 is 11.6 Å². The fraction of sp³-hybridized carbons (Fsp3) is 0.455. The molecule has 1 N–H and O–H groups in total. The van der Waals surface area contributed by atoms with Gasteiger partial charge in [-0.15, -0.1) is 0 Å². The van der Waals surface area contributed by atoms with Crippen LogP contribution in [0.1, 0.15) is 62.4 Å². The van der Waals surface area contributed by atoms with E-state index in [0.717, 1.165) is 23.7 Å². The Morgan fingerprint density at radius 3 is 2.60 bits per heavy atom. The van der Waals surface area contributed by atoms with Gasteiger partial charge in [-0.05, 0) is 35.4 Å². The first-order valence-electron chi connectivity index (χ1n) is 9.22. The number of hydrogen-bond donors (Lipinski definition) is 1. The lowest BCUT2D eigenvalue weighted by atomic mass is 9.76. The van der Waals surface area contributed by atoms with E-state index in [1.165, 1.54) is 23.1 Å². The van der Waals surface area contributed by atoms with Crippen LogP contribution in [-0.4, -0.2) is 6.61 Å². The highest BCUT2D eigenvalue weighted by Gasteiger charge is 2.41. The molecule has 0 amide bonds. The third kappa shape index (κ3) is 3.07. The number of halogens is 1. The fourth-order valence-electron chi connectivity index (χ4n) is 4.16. The van der Waals surface area contributed by atoms with E-state index in [-0.39, 0.29) is 17.6 Å². The quantitative estimate of drug-likeness (QED) is 0.650. The summed E-state index contributed by atoms with van der Waals surface area (Å²) < 4.78 is 6.28. The van der Waals surface area contributed by atoms with Crippen LogP contribution in [0.2, 0.25) is 5.02 Å². The van der Waals surface area contributed by atoms with Gasteiger partial charge in [-0.1, -0.05) is 68.8 Å². The highest BCUT2D eigenvalue weighted by atomic mass is 35.5. The number of benzene rings is 2. The highest BCUT2D eigenvalue weighted by Crippen LogP contribution is 2.51. The molecule has 3 heteroatoms. The van der Waals surface area contributed by atoms with E-state index < -0.39 is 0 Å². The molecule has 132 valence electrons. The average molecular weight is 356 g/mol. The summed E-state index contributed by atoms with van der Waals surface area (Å²) >= 11 is 6.72. The second kappa shape index (κ2) is 6.34. The maximum absolute atomic E-state index is 6.72. The molecule has 0 radical (unpaired) electrons. The van der Waals surface area contributed by atoms with Crippen molar-refractivity contribution in [2.24, 2.45) is 5.92 Å². The maximum Gasteiger partial charge on any atom is 0.0896 e. The summed E-state index contributed by atoms with van der Waals surface area (Å²) in [5.74, 6) is 0.440. The minimum atomic E-state index is 0.0686. The van der Waals surface area contributed by atoms with E-state index in [9.17, 15) is 0 Å². The summed E-state index contributed by atoms with van der Waals surface area (Å²) in [4.78, 5) is 0. The Bertz CT molecular complexity index is 766. The van der Waals surface area contributed by atoms with Crippen LogP contribution in [0, 0.1) is 5.92 Å². The number of nitrogens with one attached hydrogen (secondary N) is 1. The van der Waals surface area contributed by atoms with Crippen molar-refractivity contribution in [3.05, 3.63) is 64.2 Å². The molecule has 4 rings (SSSR count). The largest absolute Gasteiger partial charge is 0.376 e. The van der Waals surface area contributed by atoms with E-state index >= 15 is 0 Å². The zero-order chi connectivity index (χ0) is 17.6. The summed E-state index contributed by atoms with van der Waals surface area (Å²) in [6.07, 6.45) is 2.41. The molecule has 2 heterocycles. The standard InChI is InChI=1S/C22H26ClNO/c1-22(2,3)15-12-17-20(18(23)13-15)24-19(14-8-5-4-6-9-14)16-10-7-11-25-21(16)17/h4-6,8-9,12-13,16,19,21,24H,7,10-11H2,1-3H3/t16-,19-,21-/m0/s1. The van der Waals surface area contributed by atoms with Crippen LogP contribution in [0.5, 0.6) is 0 Å². The van der Waals surface area contributed by atoms with Crippen LogP contribution in [0.3, 0.4) is 0 Å². The maximum atomic E-state index is 6.72. The molecular formula is C22H26ClNO. The minimum absolute atomic E-state index is 0.0686. The molecule has 2 aromatic carbocycles. The summed E-state index contributed by atoms with van der Waals surface area (Å²) in [5.41, 5.74) is 4.92. The lowest BCUT2D eigenvalue weighted by molar-refractivity contribution is -0.0382. The van der Waals surface area contributed by atoms with Crippen molar-refractivity contribution >= 4 is 17.3 Å². The summed E-state index contributed by atoms with van der Waals surface area (Å²) in [7, 11) is 0. The van der Waals surface area contributed by atoms with Gasteiger partial charge in [0.25, 0.3) is 0 Å². The van der Waals surface area contributed by atoms with Crippen LogP contribution in [0.15, 0.2) is 42.5 Å². The zero-order valence-electron chi connectivity index (χ0n) is 15.2. The van der Waals surface area contributed by atoms with Gasteiger partial charge in [-0.3, -0.25) is 0 Å². The summed E-state index contributed by atoms with van der Waals surface area (Å²) in [5, 5.41) is 4.55. The molecule has 1 fully saturated rings. The van der Waals surface area contributed by atoms with Crippen LogP contribution in [0.25, 0.3) is 0 Å². The van der Waals surface area contributed by atoms with E-state index in [1.807, 2.05) is 0 Å². The Kier molecular flexibility index (Phi) is 4.29. The van der Waals surface area contributed by atoms with Crippen molar-refractivity contribution in [3.63, 3.8) is 0 Å². The first-order valence-corrected chi connectivity index (χ1v) is 9.60. The molecule has 0 spiro atoms. The Balaban J connectivity index is 1.83. The van der Waals surface area contributed by atoms with Gasteiger partial charge in [0.15, 0.2) is 0 Å². The van der Waals surface area contributed by atoms with E-state index in [0.29, 0.717) is 5.92 Å². The molecule has 3 atom stereocenters. The lowest BCUT2D eigenvalue weighted by Crippen LogP contribution is -2.36. The van der Waals surface area contributed by atoms with Gasteiger partial charge < -0.3 is 10.1 Å². The van der Waals surface area contributed by atoms with Gasteiger partial charge in [0, 0.05) is 18.1 Å². The predicted octanol–water partition coefficient (Wildman–Crippen LogP) is 6.27. The first-order chi connectivity index (χ1) is 11.9. The molecule has 0 bridgehead atoms. The van der Waals surface area contributed by atoms with Crippen molar-refractivity contribution in [2.45, 2.75) is 51.2 Å². The molecule has 2 aliphatic heterocycles. The van der Waals surface area contributed by atoms with Gasteiger partial charge in [0.2, 0.25) is 0 Å². The van der Waals surface area contributed by atoms with E-state index in [1.54, 1.807) is 0 Å². The van der Waals surface area contributed by atoms with Crippen molar-refractivity contribution in [2.75, 3.05) is 11.9 Å².